The molecule has 9 heteroatoms. The number of aromatic amines is 1. The third kappa shape index (κ3) is 3.66. The lowest BCUT2D eigenvalue weighted by Gasteiger charge is -2.28. The van der Waals surface area contributed by atoms with E-state index in [0.29, 0.717) is 6.42 Å². The van der Waals surface area contributed by atoms with E-state index in [9.17, 15) is 22.8 Å². The second-order valence-corrected chi connectivity index (χ2v) is 8.31. The van der Waals surface area contributed by atoms with Crippen LogP contribution in [0.1, 0.15) is 29.6 Å². The van der Waals surface area contributed by atoms with Gasteiger partial charge in [0.15, 0.2) is 16.4 Å². The van der Waals surface area contributed by atoms with Gasteiger partial charge in [-0.3, -0.25) is 9.59 Å². The minimum Gasteiger partial charge on any atom is -0.452 e. The molecule has 130 valence electrons. The fraction of sp³-hybridized carbons (Fsp3) is 0.533. The molecule has 8 nitrogen and oxygen atoms in total. The number of nitrogens with zero attached hydrogens (tertiary/aromatic N) is 1. The SMILES string of the molecule is O=C(OCC(=O)N(C1CC1)[C@H]1CCS(=O)(=O)C1)c1ccc[nH]c1=O. The molecule has 0 radical (unpaired) electrons. The van der Waals surface area contributed by atoms with Crippen molar-refractivity contribution in [3.8, 4) is 0 Å². The Labute approximate surface area is 138 Å². The normalized spacial score (nSPS) is 22.1. The number of carbonyl (C=O) groups excluding carboxylic acids is 2. The summed E-state index contributed by atoms with van der Waals surface area (Å²) in [4.78, 5) is 39.7. The van der Waals surface area contributed by atoms with Crippen LogP contribution in [0.15, 0.2) is 23.1 Å². The molecule has 2 fully saturated rings. The zero-order chi connectivity index (χ0) is 17.3. The third-order valence-electron chi connectivity index (χ3n) is 4.19. The van der Waals surface area contributed by atoms with Crippen molar-refractivity contribution in [2.45, 2.75) is 31.3 Å². The smallest absolute Gasteiger partial charge is 0.344 e. The Hall–Kier alpha value is -2.16. The van der Waals surface area contributed by atoms with Crippen molar-refractivity contribution in [1.82, 2.24) is 9.88 Å². The first-order valence-electron chi connectivity index (χ1n) is 7.74. The van der Waals surface area contributed by atoms with E-state index in [2.05, 4.69) is 4.98 Å². The molecular formula is C15H18N2O6S. The summed E-state index contributed by atoms with van der Waals surface area (Å²) in [5.41, 5.74) is -0.761. The number of amides is 1. The largest absolute Gasteiger partial charge is 0.452 e. The summed E-state index contributed by atoms with van der Waals surface area (Å²) in [7, 11) is -3.11. The molecule has 1 amide bonds. The molecule has 1 N–H and O–H groups in total. The number of esters is 1. The minimum absolute atomic E-state index is 0.0228. The van der Waals surface area contributed by atoms with Crippen LogP contribution in [0, 0.1) is 0 Å². The van der Waals surface area contributed by atoms with Crippen LogP contribution in [0.25, 0.3) is 0 Å². The Balaban J connectivity index is 1.64. The molecule has 0 unspecified atom stereocenters. The standard InChI is InChI=1S/C15H18N2O6S/c18-13(8-23-15(20)12-2-1-6-16-14(12)19)17(10-3-4-10)11-5-7-24(21,22)9-11/h1-2,6,10-11H,3-5,7-9H2,(H,16,19)/t11-/m0/s1. The molecule has 24 heavy (non-hydrogen) atoms. The Morgan fingerprint density at radius 3 is 2.58 bits per heavy atom. The molecule has 1 aliphatic carbocycles. The van der Waals surface area contributed by atoms with E-state index in [1.165, 1.54) is 18.3 Å². The van der Waals surface area contributed by atoms with Gasteiger partial charge in [-0.05, 0) is 31.4 Å². The van der Waals surface area contributed by atoms with Crippen molar-refractivity contribution in [3.05, 3.63) is 34.2 Å². The van der Waals surface area contributed by atoms with E-state index >= 15 is 0 Å². The lowest BCUT2D eigenvalue weighted by atomic mass is 10.2. The first kappa shape index (κ1) is 16.7. The minimum atomic E-state index is -3.11. The monoisotopic (exact) mass is 354 g/mol. The average Bonchev–Trinajstić information content (AvgIpc) is 3.29. The van der Waals surface area contributed by atoms with Crippen LogP contribution in [0.3, 0.4) is 0 Å². The van der Waals surface area contributed by atoms with Crippen LogP contribution in [-0.2, 0) is 19.4 Å². The molecule has 1 saturated heterocycles. The number of pyridine rings is 1. The van der Waals surface area contributed by atoms with Gasteiger partial charge in [-0.2, -0.15) is 0 Å². The van der Waals surface area contributed by atoms with Gasteiger partial charge in [-0.1, -0.05) is 0 Å². The van der Waals surface area contributed by atoms with Gasteiger partial charge in [0.05, 0.1) is 11.5 Å². The van der Waals surface area contributed by atoms with Crippen molar-refractivity contribution in [1.29, 1.82) is 0 Å². The number of H-pyrrole nitrogens is 1. The Morgan fingerprint density at radius 1 is 1.25 bits per heavy atom. The molecule has 0 aromatic carbocycles. The highest BCUT2D eigenvalue weighted by Crippen LogP contribution is 2.32. The zero-order valence-corrected chi connectivity index (χ0v) is 13.8. The van der Waals surface area contributed by atoms with Gasteiger partial charge >= 0.3 is 5.97 Å². The van der Waals surface area contributed by atoms with Crippen molar-refractivity contribution in [2.75, 3.05) is 18.1 Å². The van der Waals surface area contributed by atoms with Crippen molar-refractivity contribution < 1.29 is 22.7 Å². The van der Waals surface area contributed by atoms with Crippen LogP contribution in [0.4, 0.5) is 0 Å². The van der Waals surface area contributed by atoms with Gasteiger partial charge in [0, 0.05) is 18.3 Å². The van der Waals surface area contributed by atoms with Crippen molar-refractivity contribution in [2.24, 2.45) is 0 Å². The maximum atomic E-state index is 12.4. The topological polar surface area (TPSA) is 114 Å². The first-order valence-corrected chi connectivity index (χ1v) is 9.56. The summed E-state index contributed by atoms with van der Waals surface area (Å²) in [6.07, 6.45) is 3.46. The second-order valence-electron chi connectivity index (χ2n) is 6.08. The van der Waals surface area contributed by atoms with Crippen LogP contribution in [0.2, 0.25) is 0 Å². The number of nitrogens with one attached hydrogen (secondary N) is 1. The van der Waals surface area contributed by atoms with Gasteiger partial charge in [0.2, 0.25) is 0 Å². The van der Waals surface area contributed by atoms with E-state index < -0.39 is 33.9 Å². The van der Waals surface area contributed by atoms with Crippen LogP contribution in [0.5, 0.6) is 0 Å². The quantitative estimate of drug-likeness (QED) is 0.727. The summed E-state index contributed by atoms with van der Waals surface area (Å²) in [5, 5.41) is 0. The Kier molecular flexibility index (Phi) is 4.44. The molecule has 2 heterocycles. The molecule has 1 atom stereocenters. The summed E-state index contributed by atoms with van der Waals surface area (Å²) in [6.45, 7) is -0.500. The summed E-state index contributed by atoms with van der Waals surface area (Å²) >= 11 is 0. The molecule has 0 spiro atoms. The number of ether oxygens (including phenoxy) is 1. The van der Waals surface area contributed by atoms with Gasteiger partial charge in [-0.15, -0.1) is 0 Å². The zero-order valence-electron chi connectivity index (χ0n) is 12.9. The van der Waals surface area contributed by atoms with Crippen molar-refractivity contribution >= 4 is 21.7 Å². The maximum Gasteiger partial charge on any atom is 0.344 e. The third-order valence-corrected chi connectivity index (χ3v) is 5.95. The molecule has 1 aliphatic heterocycles. The number of sulfone groups is 1. The number of hydrogen-bond acceptors (Lipinski definition) is 6. The van der Waals surface area contributed by atoms with Gasteiger partial charge < -0.3 is 14.6 Å². The van der Waals surface area contributed by atoms with Gasteiger partial charge in [-0.25, -0.2) is 13.2 Å². The lowest BCUT2D eigenvalue weighted by Crippen LogP contribution is -2.44. The fourth-order valence-electron chi connectivity index (χ4n) is 2.91. The van der Waals surface area contributed by atoms with Crippen LogP contribution < -0.4 is 5.56 Å². The van der Waals surface area contributed by atoms with E-state index in [4.69, 9.17) is 4.74 Å². The molecule has 1 aromatic rings. The highest BCUT2D eigenvalue weighted by Gasteiger charge is 2.42. The number of hydrogen-bond donors (Lipinski definition) is 1. The van der Waals surface area contributed by atoms with Crippen LogP contribution in [-0.4, -0.2) is 60.4 Å². The van der Waals surface area contributed by atoms with Crippen LogP contribution >= 0.6 is 0 Å². The van der Waals surface area contributed by atoms with Gasteiger partial charge in [0.1, 0.15) is 5.56 Å². The molecule has 2 aliphatic rings. The van der Waals surface area contributed by atoms with E-state index in [1.54, 1.807) is 4.90 Å². The Morgan fingerprint density at radius 2 is 2.00 bits per heavy atom. The molecular weight excluding hydrogens is 336 g/mol. The van der Waals surface area contributed by atoms with E-state index in [0.717, 1.165) is 12.8 Å². The Bertz CT molecular complexity index is 811. The van der Waals surface area contributed by atoms with E-state index in [-0.39, 0.29) is 29.2 Å². The van der Waals surface area contributed by atoms with E-state index in [1.807, 2.05) is 0 Å². The summed E-state index contributed by atoms with van der Waals surface area (Å²) in [5.74, 6) is -1.25. The maximum absolute atomic E-state index is 12.4. The highest BCUT2D eigenvalue weighted by atomic mass is 32.2. The summed E-state index contributed by atoms with van der Waals surface area (Å²) < 4.78 is 28.2. The molecule has 1 saturated carbocycles. The highest BCUT2D eigenvalue weighted by molar-refractivity contribution is 7.91. The molecule has 0 bridgehead atoms. The summed E-state index contributed by atoms with van der Waals surface area (Å²) in [6, 6.07) is 2.47. The van der Waals surface area contributed by atoms with Gasteiger partial charge in [0.25, 0.3) is 11.5 Å². The van der Waals surface area contributed by atoms with Crippen molar-refractivity contribution in [3.63, 3.8) is 0 Å². The number of rotatable bonds is 5. The average molecular weight is 354 g/mol. The first-order chi connectivity index (χ1) is 11.4. The fourth-order valence-corrected chi connectivity index (χ4v) is 4.63. The number of carbonyl (C=O) groups is 2. The molecule has 3 rings (SSSR count). The predicted octanol–water partition coefficient (Wildman–Crippen LogP) is -0.290. The number of aromatic nitrogens is 1. The predicted molar refractivity (Wildman–Crippen MR) is 84.3 cm³/mol. The lowest BCUT2D eigenvalue weighted by molar-refractivity contribution is -0.137. The molecule has 1 aromatic heterocycles. The second kappa shape index (κ2) is 6.39.